The molecule has 0 unspecified atom stereocenters. The molecule has 0 aliphatic heterocycles. The molecule has 0 saturated carbocycles. The summed E-state index contributed by atoms with van der Waals surface area (Å²) in [7, 11) is 1.30. The van der Waals surface area contributed by atoms with Gasteiger partial charge in [0.05, 0.1) is 18.2 Å². The number of benzene rings is 4. The van der Waals surface area contributed by atoms with Crippen molar-refractivity contribution in [1.29, 1.82) is 0 Å². The molecule has 0 spiro atoms. The molecule has 4 aromatic rings. The van der Waals surface area contributed by atoms with Gasteiger partial charge >= 0.3 is 11.9 Å². The lowest BCUT2D eigenvalue weighted by atomic mass is 9.97. The predicted molar refractivity (Wildman–Crippen MR) is 118 cm³/mol. The van der Waals surface area contributed by atoms with Crippen molar-refractivity contribution in [3.63, 3.8) is 0 Å². The Morgan fingerprint density at radius 1 is 0.774 bits per heavy atom. The molecule has 0 atom stereocenters. The van der Waals surface area contributed by atoms with Gasteiger partial charge in [-0.1, -0.05) is 48.5 Å². The van der Waals surface area contributed by atoms with Gasteiger partial charge in [-0.25, -0.2) is 9.59 Å². The number of esters is 2. The van der Waals surface area contributed by atoms with Gasteiger partial charge in [0.2, 0.25) is 0 Å². The van der Waals surface area contributed by atoms with Gasteiger partial charge in [-0.05, 0) is 51.9 Å². The van der Waals surface area contributed by atoms with E-state index in [1.165, 1.54) is 19.2 Å². The first kappa shape index (κ1) is 20.1. The number of hydrogen-bond acceptors (Lipinski definition) is 5. The highest BCUT2D eigenvalue weighted by Crippen LogP contribution is 2.29. The Labute approximate surface area is 178 Å². The van der Waals surface area contributed by atoms with Crippen molar-refractivity contribution >= 4 is 45.1 Å². The van der Waals surface area contributed by atoms with Gasteiger partial charge in [0, 0.05) is 5.69 Å². The van der Waals surface area contributed by atoms with Gasteiger partial charge in [0.25, 0.3) is 5.91 Å². The van der Waals surface area contributed by atoms with Gasteiger partial charge in [-0.3, -0.25) is 4.79 Å². The molecule has 0 heterocycles. The molecule has 4 aromatic carbocycles. The largest absolute Gasteiger partial charge is 0.465 e. The van der Waals surface area contributed by atoms with E-state index in [0.717, 1.165) is 21.5 Å². The second kappa shape index (κ2) is 8.67. The van der Waals surface area contributed by atoms with E-state index in [-0.39, 0.29) is 0 Å². The van der Waals surface area contributed by atoms with Crippen molar-refractivity contribution in [3.05, 3.63) is 90.0 Å². The van der Waals surface area contributed by atoms with E-state index in [0.29, 0.717) is 16.8 Å². The van der Waals surface area contributed by atoms with E-state index in [1.807, 2.05) is 54.6 Å². The zero-order valence-corrected chi connectivity index (χ0v) is 16.8. The first-order valence-corrected chi connectivity index (χ1v) is 9.62. The number of methoxy groups -OCH3 is 1. The molecule has 31 heavy (non-hydrogen) atoms. The Hall–Kier alpha value is -4.19. The molecule has 154 valence electrons. The Kier molecular flexibility index (Phi) is 5.62. The fourth-order valence-electron chi connectivity index (χ4n) is 3.44. The Morgan fingerprint density at radius 2 is 1.35 bits per heavy atom. The van der Waals surface area contributed by atoms with Crippen molar-refractivity contribution in [2.45, 2.75) is 0 Å². The molecule has 1 N–H and O–H groups in total. The highest BCUT2D eigenvalue weighted by atomic mass is 16.5. The van der Waals surface area contributed by atoms with Gasteiger partial charge in [0.15, 0.2) is 6.61 Å². The average Bonchev–Trinajstić information content (AvgIpc) is 2.81. The number of carbonyl (C=O) groups excluding carboxylic acids is 3. The van der Waals surface area contributed by atoms with Crippen LogP contribution >= 0.6 is 0 Å². The van der Waals surface area contributed by atoms with Crippen LogP contribution in [0, 0.1) is 0 Å². The lowest BCUT2D eigenvalue weighted by Gasteiger charge is -2.11. The summed E-state index contributed by atoms with van der Waals surface area (Å²) in [6.07, 6.45) is 0. The Bertz CT molecular complexity index is 1240. The van der Waals surface area contributed by atoms with Crippen LogP contribution in [0.25, 0.3) is 21.5 Å². The number of carbonyl (C=O) groups is 3. The Balaban J connectivity index is 1.50. The lowest BCUT2D eigenvalue weighted by molar-refractivity contribution is -0.119. The summed E-state index contributed by atoms with van der Waals surface area (Å²) in [6.45, 7) is -0.435. The molecule has 0 aliphatic rings. The zero-order chi connectivity index (χ0) is 21.8. The van der Waals surface area contributed by atoms with E-state index < -0.39 is 24.5 Å². The molecule has 0 bridgehead atoms. The van der Waals surface area contributed by atoms with Crippen LogP contribution in [0.2, 0.25) is 0 Å². The number of anilines is 1. The minimum atomic E-state index is -0.566. The van der Waals surface area contributed by atoms with Crippen LogP contribution in [-0.2, 0) is 14.3 Å². The number of amides is 1. The van der Waals surface area contributed by atoms with Crippen molar-refractivity contribution in [2.75, 3.05) is 19.0 Å². The maximum absolute atomic E-state index is 12.9. The number of nitrogens with one attached hydrogen (secondary N) is 1. The monoisotopic (exact) mass is 413 g/mol. The fourth-order valence-corrected chi connectivity index (χ4v) is 3.44. The second-order valence-electron chi connectivity index (χ2n) is 6.89. The van der Waals surface area contributed by atoms with E-state index in [4.69, 9.17) is 4.74 Å². The average molecular weight is 413 g/mol. The third-order valence-electron chi connectivity index (χ3n) is 4.90. The van der Waals surface area contributed by atoms with E-state index in [1.54, 1.807) is 12.1 Å². The fraction of sp³-hybridized carbons (Fsp3) is 0.0800. The minimum absolute atomic E-state index is 0.370. The van der Waals surface area contributed by atoms with Crippen molar-refractivity contribution < 1.29 is 23.9 Å². The molecule has 0 aliphatic carbocycles. The van der Waals surface area contributed by atoms with Crippen molar-refractivity contribution in [3.8, 4) is 0 Å². The number of ether oxygens (including phenoxy) is 2. The molecule has 1 amide bonds. The first-order chi connectivity index (χ1) is 15.1. The van der Waals surface area contributed by atoms with Crippen LogP contribution in [0.3, 0.4) is 0 Å². The smallest absolute Gasteiger partial charge is 0.339 e. The maximum atomic E-state index is 12.9. The summed E-state index contributed by atoms with van der Waals surface area (Å²) in [6, 6.07) is 23.4. The third kappa shape index (κ3) is 4.23. The van der Waals surface area contributed by atoms with Crippen LogP contribution in [0.5, 0.6) is 0 Å². The van der Waals surface area contributed by atoms with E-state index in [9.17, 15) is 14.4 Å². The van der Waals surface area contributed by atoms with E-state index >= 15 is 0 Å². The second-order valence-corrected chi connectivity index (χ2v) is 6.89. The summed E-state index contributed by atoms with van der Waals surface area (Å²) in [5.74, 6) is -1.51. The van der Waals surface area contributed by atoms with Gasteiger partial charge in [-0.15, -0.1) is 0 Å². The number of hydrogen-bond donors (Lipinski definition) is 1. The molecule has 6 heteroatoms. The van der Waals surface area contributed by atoms with Crippen LogP contribution in [0.15, 0.2) is 78.9 Å². The normalized spacial score (nSPS) is 10.6. The maximum Gasteiger partial charge on any atom is 0.339 e. The standard InChI is InChI=1S/C25H19NO5/c1-30-24(28)16-10-12-19(13-11-16)26-22(27)15-31-25(29)23-20-8-4-2-6-17(20)14-18-7-3-5-9-21(18)23/h2-14H,15H2,1H3,(H,26,27). The van der Waals surface area contributed by atoms with Crippen LogP contribution in [-0.4, -0.2) is 31.6 Å². The van der Waals surface area contributed by atoms with E-state index in [2.05, 4.69) is 10.1 Å². The molecular formula is C25H19NO5. The molecule has 0 radical (unpaired) electrons. The van der Waals surface area contributed by atoms with Crippen LogP contribution < -0.4 is 5.32 Å². The molecular weight excluding hydrogens is 394 g/mol. The summed E-state index contributed by atoms with van der Waals surface area (Å²) >= 11 is 0. The summed E-state index contributed by atoms with van der Waals surface area (Å²) < 4.78 is 9.97. The minimum Gasteiger partial charge on any atom is -0.465 e. The molecule has 0 fully saturated rings. The summed E-state index contributed by atoms with van der Waals surface area (Å²) in [4.78, 5) is 36.7. The van der Waals surface area contributed by atoms with Crippen molar-refractivity contribution in [1.82, 2.24) is 0 Å². The molecule has 6 nitrogen and oxygen atoms in total. The quantitative estimate of drug-likeness (QED) is 0.383. The third-order valence-corrected chi connectivity index (χ3v) is 4.90. The first-order valence-electron chi connectivity index (χ1n) is 9.62. The Morgan fingerprint density at radius 3 is 1.94 bits per heavy atom. The van der Waals surface area contributed by atoms with Crippen LogP contribution in [0.1, 0.15) is 20.7 Å². The highest BCUT2D eigenvalue weighted by Gasteiger charge is 2.17. The van der Waals surface area contributed by atoms with Crippen molar-refractivity contribution in [2.24, 2.45) is 0 Å². The van der Waals surface area contributed by atoms with Gasteiger partial charge in [-0.2, -0.15) is 0 Å². The van der Waals surface area contributed by atoms with Crippen LogP contribution in [0.4, 0.5) is 5.69 Å². The number of fused-ring (bicyclic) bond motifs is 2. The number of rotatable bonds is 5. The summed E-state index contributed by atoms with van der Waals surface area (Å²) in [5, 5.41) is 6.02. The summed E-state index contributed by atoms with van der Waals surface area (Å²) in [5.41, 5.74) is 1.28. The molecule has 0 aromatic heterocycles. The van der Waals surface area contributed by atoms with Gasteiger partial charge in [0.1, 0.15) is 0 Å². The van der Waals surface area contributed by atoms with Gasteiger partial charge < -0.3 is 14.8 Å². The topological polar surface area (TPSA) is 81.7 Å². The predicted octanol–water partition coefficient (Wildman–Crippen LogP) is 4.58. The highest BCUT2D eigenvalue weighted by molar-refractivity contribution is 6.16. The molecule has 4 rings (SSSR count). The SMILES string of the molecule is COC(=O)c1ccc(NC(=O)COC(=O)c2c3ccccc3cc3ccccc23)cc1. The lowest BCUT2D eigenvalue weighted by Crippen LogP contribution is -2.21. The molecule has 0 saturated heterocycles. The zero-order valence-electron chi connectivity index (χ0n) is 16.8.